The molecule has 96 valence electrons. The molecule has 0 atom stereocenters. The van der Waals surface area contributed by atoms with Gasteiger partial charge < -0.3 is 9.73 Å². The lowest BCUT2D eigenvalue weighted by Gasteiger charge is -2.03. The lowest BCUT2D eigenvalue weighted by molar-refractivity contribution is 0.459. The molecule has 0 aliphatic carbocycles. The van der Waals surface area contributed by atoms with Gasteiger partial charge in [0.05, 0.1) is 16.6 Å². The number of hydrogen-bond acceptors (Lipinski definition) is 4. The van der Waals surface area contributed by atoms with Crippen molar-refractivity contribution >= 4 is 23.2 Å². The van der Waals surface area contributed by atoms with E-state index < -0.39 is 0 Å². The summed E-state index contributed by atoms with van der Waals surface area (Å²) in [5.74, 6) is 0.985. The fourth-order valence-electron chi connectivity index (χ4n) is 1.36. The van der Waals surface area contributed by atoms with E-state index in [0.717, 1.165) is 5.56 Å². The molecule has 1 aromatic heterocycles. The van der Waals surface area contributed by atoms with Crippen LogP contribution < -0.4 is 5.32 Å². The Morgan fingerprint density at radius 1 is 1.22 bits per heavy atom. The maximum absolute atomic E-state index is 5.94. The van der Waals surface area contributed by atoms with Gasteiger partial charge in [-0.25, -0.2) is 0 Å². The van der Waals surface area contributed by atoms with Crippen LogP contribution >= 0.6 is 23.2 Å². The predicted molar refractivity (Wildman–Crippen MR) is 71.7 cm³/mol. The summed E-state index contributed by atoms with van der Waals surface area (Å²) in [5.41, 5.74) is 0.757. The van der Waals surface area contributed by atoms with Crippen molar-refractivity contribution in [3.05, 3.63) is 34.1 Å². The molecule has 0 unspecified atom stereocenters. The summed E-state index contributed by atoms with van der Waals surface area (Å²) >= 11 is 11.8. The lowest BCUT2D eigenvalue weighted by Crippen LogP contribution is -2.21. The van der Waals surface area contributed by atoms with E-state index in [1.54, 1.807) is 18.2 Å². The fraction of sp³-hybridized carbons (Fsp3) is 0.333. The highest BCUT2D eigenvalue weighted by Crippen LogP contribution is 2.27. The van der Waals surface area contributed by atoms with Gasteiger partial charge in [-0.15, -0.1) is 10.2 Å². The van der Waals surface area contributed by atoms with Crippen LogP contribution in [-0.2, 0) is 6.54 Å². The molecule has 1 aromatic carbocycles. The zero-order valence-corrected chi connectivity index (χ0v) is 11.6. The topological polar surface area (TPSA) is 51.0 Å². The van der Waals surface area contributed by atoms with Crippen LogP contribution in [0.2, 0.25) is 10.0 Å². The van der Waals surface area contributed by atoms with E-state index in [4.69, 9.17) is 27.6 Å². The van der Waals surface area contributed by atoms with E-state index >= 15 is 0 Å². The second kappa shape index (κ2) is 5.69. The first-order valence-electron chi connectivity index (χ1n) is 5.57. The number of nitrogens with one attached hydrogen (secondary N) is 1. The Labute approximate surface area is 115 Å². The third-order valence-electron chi connectivity index (χ3n) is 2.29. The molecule has 0 fully saturated rings. The molecule has 0 aliphatic heterocycles. The van der Waals surface area contributed by atoms with Crippen molar-refractivity contribution in [2.24, 2.45) is 0 Å². The third kappa shape index (κ3) is 3.22. The summed E-state index contributed by atoms with van der Waals surface area (Å²) in [5, 5.41) is 12.1. The predicted octanol–water partition coefficient (Wildman–Crippen LogP) is 3.54. The Morgan fingerprint density at radius 3 is 2.67 bits per heavy atom. The largest absolute Gasteiger partial charge is 0.419 e. The van der Waals surface area contributed by atoms with E-state index in [0.29, 0.717) is 34.4 Å². The summed E-state index contributed by atoms with van der Waals surface area (Å²) in [7, 11) is 0. The van der Waals surface area contributed by atoms with Crippen molar-refractivity contribution in [3.8, 4) is 11.5 Å². The molecule has 2 aromatic rings. The van der Waals surface area contributed by atoms with Crippen LogP contribution in [0, 0.1) is 0 Å². The standard InChI is InChI=1S/C12H13Cl2N3O/c1-7(2)15-6-11-16-17-12(18-11)8-3-4-9(13)10(14)5-8/h3-5,7,15H,6H2,1-2H3. The summed E-state index contributed by atoms with van der Waals surface area (Å²) < 4.78 is 5.53. The van der Waals surface area contributed by atoms with Crippen molar-refractivity contribution in [3.63, 3.8) is 0 Å². The normalized spacial score (nSPS) is 11.2. The van der Waals surface area contributed by atoms with Crippen LogP contribution in [0.15, 0.2) is 22.6 Å². The van der Waals surface area contributed by atoms with Crippen molar-refractivity contribution in [1.29, 1.82) is 0 Å². The van der Waals surface area contributed by atoms with E-state index in [1.165, 1.54) is 0 Å². The van der Waals surface area contributed by atoms with Crippen molar-refractivity contribution in [2.75, 3.05) is 0 Å². The molecular formula is C12H13Cl2N3O. The van der Waals surface area contributed by atoms with Gasteiger partial charge in [0.25, 0.3) is 0 Å². The number of hydrogen-bond donors (Lipinski definition) is 1. The zero-order valence-electron chi connectivity index (χ0n) is 10.1. The SMILES string of the molecule is CC(C)NCc1nnc(-c2ccc(Cl)c(Cl)c2)o1. The third-order valence-corrected chi connectivity index (χ3v) is 3.03. The number of rotatable bonds is 4. The van der Waals surface area contributed by atoms with Crippen molar-refractivity contribution in [1.82, 2.24) is 15.5 Å². The number of nitrogens with zero attached hydrogens (tertiary/aromatic N) is 2. The highest BCUT2D eigenvalue weighted by Gasteiger charge is 2.10. The Hall–Kier alpha value is -1.10. The maximum Gasteiger partial charge on any atom is 0.247 e. The van der Waals surface area contributed by atoms with E-state index in [9.17, 15) is 0 Å². The lowest BCUT2D eigenvalue weighted by atomic mass is 10.2. The molecule has 0 radical (unpaired) electrons. The molecule has 0 amide bonds. The van der Waals surface area contributed by atoms with Gasteiger partial charge in [0, 0.05) is 11.6 Å². The number of halogens is 2. The van der Waals surface area contributed by atoms with E-state index in [1.807, 2.05) is 0 Å². The summed E-state index contributed by atoms with van der Waals surface area (Å²) in [4.78, 5) is 0. The number of benzene rings is 1. The van der Waals surface area contributed by atoms with Gasteiger partial charge in [-0.3, -0.25) is 0 Å². The second-order valence-corrected chi connectivity index (χ2v) is 4.98. The van der Waals surface area contributed by atoms with Gasteiger partial charge in [-0.05, 0) is 18.2 Å². The molecule has 6 heteroatoms. The highest BCUT2D eigenvalue weighted by atomic mass is 35.5. The summed E-state index contributed by atoms with van der Waals surface area (Å²) in [6.07, 6.45) is 0. The molecule has 0 saturated carbocycles. The Bertz CT molecular complexity index is 540. The van der Waals surface area contributed by atoms with Crippen LogP contribution in [0.3, 0.4) is 0 Å². The monoisotopic (exact) mass is 285 g/mol. The molecule has 2 rings (SSSR count). The smallest absolute Gasteiger partial charge is 0.247 e. The van der Waals surface area contributed by atoms with Gasteiger partial charge in [-0.1, -0.05) is 37.0 Å². The molecule has 4 nitrogen and oxygen atoms in total. The molecule has 0 bridgehead atoms. The van der Waals surface area contributed by atoms with Gasteiger partial charge in [-0.2, -0.15) is 0 Å². The minimum Gasteiger partial charge on any atom is -0.419 e. The Kier molecular flexibility index (Phi) is 4.22. The zero-order chi connectivity index (χ0) is 13.1. The van der Waals surface area contributed by atoms with Gasteiger partial charge >= 0.3 is 0 Å². The van der Waals surface area contributed by atoms with Crippen LogP contribution in [0.1, 0.15) is 19.7 Å². The van der Waals surface area contributed by atoms with Gasteiger partial charge in [0.1, 0.15) is 0 Å². The molecular weight excluding hydrogens is 273 g/mol. The molecule has 18 heavy (non-hydrogen) atoms. The first-order valence-corrected chi connectivity index (χ1v) is 6.33. The van der Waals surface area contributed by atoms with Gasteiger partial charge in [0.2, 0.25) is 11.8 Å². The quantitative estimate of drug-likeness (QED) is 0.934. The first kappa shape index (κ1) is 13.3. The average molecular weight is 286 g/mol. The second-order valence-electron chi connectivity index (χ2n) is 4.17. The number of aromatic nitrogens is 2. The van der Waals surface area contributed by atoms with Crippen LogP contribution in [-0.4, -0.2) is 16.2 Å². The molecule has 0 spiro atoms. The van der Waals surface area contributed by atoms with Crippen molar-refractivity contribution in [2.45, 2.75) is 26.4 Å². The fourth-order valence-corrected chi connectivity index (χ4v) is 1.66. The van der Waals surface area contributed by atoms with Crippen molar-refractivity contribution < 1.29 is 4.42 Å². The maximum atomic E-state index is 5.94. The molecule has 1 heterocycles. The Balaban J connectivity index is 2.16. The summed E-state index contributed by atoms with van der Waals surface area (Å²) in [6, 6.07) is 5.57. The van der Waals surface area contributed by atoms with Crippen LogP contribution in [0.4, 0.5) is 0 Å². The van der Waals surface area contributed by atoms with Crippen LogP contribution in [0.25, 0.3) is 11.5 Å². The Morgan fingerprint density at radius 2 is 2.00 bits per heavy atom. The molecule has 0 aliphatic rings. The molecule has 0 saturated heterocycles. The molecule has 1 N–H and O–H groups in total. The minimum absolute atomic E-state index is 0.366. The van der Waals surface area contributed by atoms with E-state index in [2.05, 4.69) is 29.4 Å². The summed E-state index contributed by atoms with van der Waals surface area (Å²) in [6.45, 7) is 4.65. The highest BCUT2D eigenvalue weighted by molar-refractivity contribution is 6.42. The minimum atomic E-state index is 0.366. The van der Waals surface area contributed by atoms with Gasteiger partial charge in [0.15, 0.2) is 0 Å². The first-order chi connectivity index (χ1) is 8.56. The van der Waals surface area contributed by atoms with E-state index in [-0.39, 0.29) is 0 Å². The average Bonchev–Trinajstić information content (AvgIpc) is 2.79. The van der Waals surface area contributed by atoms with Crippen LogP contribution in [0.5, 0.6) is 0 Å².